The number of carbonyl (C=O) groups is 2. The topological polar surface area (TPSA) is 74.3 Å². The summed E-state index contributed by atoms with van der Waals surface area (Å²) in [6, 6.07) is 7.14. The van der Waals surface area contributed by atoms with E-state index in [2.05, 4.69) is 0 Å². The molecule has 170 valence electrons. The standard InChI is InChI=1S/C23H34BNO6/c1-21(2,3)29-20(27)25-14-12-18(13-15-25)28-19(26)16-8-10-17(11-9-16)24-30-22(4,5)23(6,7)31-24/h8-11,18H,12-15H2,1-7H3. The summed E-state index contributed by atoms with van der Waals surface area (Å²) in [6.45, 7) is 14.6. The van der Waals surface area contributed by atoms with Crippen molar-refractivity contribution in [2.24, 2.45) is 0 Å². The lowest BCUT2D eigenvalue weighted by atomic mass is 9.79. The first kappa shape index (κ1) is 23.6. The Morgan fingerprint density at radius 1 is 1.00 bits per heavy atom. The number of likely N-dealkylation sites (tertiary alicyclic amines) is 1. The Hall–Kier alpha value is -2.06. The second-order valence-corrected chi connectivity index (χ2v) is 10.3. The zero-order valence-corrected chi connectivity index (χ0v) is 19.7. The fourth-order valence-corrected chi connectivity index (χ4v) is 3.46. The molecule has 0 spiro atoms. The van der Waals surface area contributed by atoms with Gasteiger partial charge in [0.1, 0.15) is 11.7 Å². The third-order valence-electron chi connectivity index (χ3n) is 6.04. The van der Waals surface area contributed by atoms with Crippen molar-refractivity contribution in [3.8, 4) is 0 Å². The SMILES string of the molecule is CC(C)(C)OC(=O)N1CCC(OC(=O)c2ccc(B3OC(C)(C)C(C)(C)O3)cc2)CC1. The van der Waals surface area contributed by atoms with Gasteiger partial charge >= 0.3 is 19.2 Å². The van der Waals surface area contributed by atoms with Crippen LogP contribution in [0.1, 0.15) is 71.7 Å². The number of hydrogen-bond donors (Lipinski definition) is 0. The van der Waals surface area contributed by atoms with E-state index in [9.17, 15) is 9.59 Å². The lowest BCUT2D eigenvalue weighted by Gasteiger charge is -2.33. The Morgan fingerprint density at radius 2 is 1.52 bits per heavy atom. The maximum Gasteiger partial charge on any atom is 0.494 e. The van der Waals surface area contributed by atoms with Gasteiger partial charge in [0.25, 0.3) is 0 Å². The van der Waals surface area contributed by atoms with E-state index < -0.39 is 23.9 Å². The lowest BCUT2D eigenvalue weighted by molar-refractivity contribution is -0.00340. The summed E-state index contributed by atoms with van der Waals surface area (Å²) in [5, 5.41) is 0. The zero-order chi connectivity index (χ0) is 23.0. The number of carbonyl (C=O) groups excluding carboxylic acids is 2. The number of ether oxygens (including phenoxy) is 2. The number of benzene rings is 1. The van der Waals surface area contributed by atoms with Crippen LogP contribution >= 0.6 is 0 Å². The van der Waals surface area contributed by atoms with Gasteiger partial charge in [0.2, 0.25) is 0 Å². The third-order valence-corrected chi connectivity index (χ3v) is 6.04. The Morgan fingerprint density at radius 3 is 2.00 bits per heavy atom. The Kier molecular flexibility index (Phi) is 6.45. The number of piperidine rings is 1. The van der Waals surface area contributed by atoms with Gasteiger partial charge in [-0.15, -0.1) is 0 Å². The maximum absolute atomic E-state index is 12.6. The van der Waals surface area contributed by atoms with Crippen molar-refractivity contribution in [3.05, 3.63) is 29.8 Å². The molecule has 1 amide bonds. The molecule has 1 aromatic carbocycles. The summed E-state index contributed by atoms with van der Waals surface area (Å²) in [4.78, 5) is 26.4. The molecule has 8 heteroatoms. The summed E-state index contributed by atoms with van der Waals surface area (Å²) in [5.41, 5.74) is -0.00445. The number of rotatable bonds is 3. The van der Waals surface area contributed by atoms with Crippen molar-refractivity contribution < 1.29 is 28.4 Å². The van der Waals surface area contributed by atoms with Crippen molar-refractivity contribution >= 4 is 24.6 Å². The van der Waals surface area contributed by atoms with Gasteiger partial charge in [0.05, 0.1) is 16.8 Å². The first-order valence-electron chi connectivity index (χ1n) is 10.9. The average molecular weight is 431 g/mol. The predicted molar refractivity (Wildman–Crippen MR) is 118 cm³/mol. The van der Waals surface area contributed by atoms with Crippen molar-refractivity contribution in [1.29, 1.82) is 0 Å². The van der Waals surface area contributed by atoms with E-state index in [1.54, 1.807) is 17.0 Å². The van der Waals surface area contributed by atoms with Crippen LogP contribution in [0.4, 0.5) is 4.79 Å². The highest BCUT2D eigenvalue weighted by Crippen LogP contribution is 2.36. The highest BCUT2D eigenvalue weighted by molar-refractivity contribution is 6.62. The van der Waals surface area contributed by atoms with Gasteiger partial charge in [-0.2, -0.15) is 0 Å². The van der Waals surface area contributed by atoms with Gasteiger partial charge in [0, 0.05) is 25.9 Å². The second kappa shape index (κ2) is 8.47. The van der Waals surface area contributed by atoms with Crippen LogP contribution in [0, 0.1) is 0 Å². The monoisotopic (exact) mass is 431 g/mol. The number of amides is 1. The number of hydrogen-bond acceptors (Lipinski definition) is 6. The summed E-state index contributed by atoms with van der Waals surface area (Å²) >= 11 is 0. The Balaban J connectivity index is 1.51. The van der Waals surface area contributed by atoms with Gasteiger partial charge < -0.3 is 23.7 Å². The summed E-state index contributed by atoms with van der Waals surface area (Å²) in [7, 11) is -0.466. The molecule has 2 aliphatic rings. The minimum absolute atomic E-state index is 0.214. The number of nitrogens with zero attached hydrogens (tertiary/aromatic N) is 1. The molecule has 0 unspecified atom stereocenters. The van der Waals surface area contributed by atoms with E-state index in [1.807, 2.05) is 60.6 Å². The third kappa shape index (κ3) is 5.60. The van der Waals surface area contributed by atoms with Crippen LogP contribution < -0.4 is 5.46 Å². The van der Waals surface area contributed by atoms with E-state index in [0.29, 0.717) is 31.5 Å². The second-order valence-electron chi connectivity index (χ2n) is 10.3. The Labute approximate surface area is 185 Å². The van der Waals surface area contributed by atoms with Crippen molar-refractivity contribution in [3.63, 3.8) is 0 Å². The van der Waals surface area contributed by atoms with Crippen LogP contribution in [0.15, 0.2) is 24.3 Å². The summed E-state index contributed by atoms with van der Waals surface area (Å²) in [6.07, 6.45) is 0.651. The Bertz CT molecular complexity index is 790. The molecule has 0 atom stereocenters. The minimum atomic E-state index is -0.521. The molecule has 0 bridgehead atoms. The fraction of sp³-hybridized carbons (Fsp3) is 0.652. The molecule has 31 heavy (non-hydrogen) atoms. The normalized spacial score (nSPS) is 21.1. The highest BCUT2D eigenvalue weighted by Gasteiger charge is 2.51. The van der Waals surface area contributed by atoms with Gasteiger partial charge in [-0.1, -0.05) is 12.1 Å². The molecule has 2 fully saturated rings. The van der Waals surface area contributed by atoms with E-state index in [1.165, 1.54) is 0 Å². The summed E-state index contributed by atoms with van der Waals surface area (Å²) in [5.74, 6) is -0.365. The highest BCUT2D eigenvalue weighted by atomic mass is 16.7. The van der Waals surface area contributed by atoms with Crippen molar-refractivity contribution in [2.45, 2.75) is 84.2 Å². The quantitative estimate of drug-likeness (QED) is 0.539. The largest absolute Gasteiger partial charge is 0.494 e. The smallest absolute Gasteiger partial charge is 0.459 e. The molecule has 0 saturated carbocycles. The molecule has 2 heterocycles. The first-order valence-corrected chi connectivity index (χ1v) is 10.9. The van der Waals surface area contributed by atoms with Crippen LogP contribution in [-0.2, 0) is 18.8 Å². The first-order chi connectivity index (χ1) is 14.3. The fourth-order valence-electron chi connectivity index (χ4n) is 3.46. The van der Waals surface area contributed by atoms with E-state index in [4.69, 9.17) is 18.8 Å². The molecule has 0 radical (unpaired) electrons. The van der Waals surface area contributed by atoms with Crippen LogP contribution in [0.25, 0.3) is 0 Å². The maximum atomic E-state index is 12.6. The molecular weight excluding hydrogens is 397 g/mol. The molecular formula is C23H34BNO6. The molecule has 3 rings (SSSR count). The minimum Gasteiger partial charge on any atom is -0.459 e. The van der Waals surface area contributed by atoms with E-state index in [0.717, 1.165) is 5.46 Å². The predicted octanol–water partition coefficient (Wildman–Crippen LogP) is 3.54. The van der Waals surface area contributed by atoms with Crippen LogP contribution in [0.3, 0.4) is 0 Å². The summed E-state index contributed by atoms with van der Waals surface area (Å²) < 4.78 is 23.2. The van der Waals surface area contributed by atoms with Gasteiger partial charge in [-0.05, 0) is 66.1 Å². The molecule has 0 N–H and O–H groups in total. The van der Waals surface area contributed by atoms with E-state index in [-0.39, 0.29) is 18.2 Å². The molecule has 0 aliphatic carbocycles. The van der Waals surface area contributed by atoms with Crippen LogP contribution in [0.2, 0.25) is 0 Å². The van der Waals surface area contributed by atoms with Gasteiger partial charge in [-0.3, -0.25) is 0 Å². The lowest BCUT2D eigenvalue weighted by Crippen LogP contribution is -2.43. The molecule has 1 aromatic rings. The van der Waals surface area contributed by atoms with Crippen LogP contribution in [0.5, 0.6) is 0 Å². The van der Waals surface area contributed by atoms with Crippen LogP contribution in [-0.4, -0.2) is 60.1 Å². The van der Waals surface area contributed by atoms with Gasteiger partial charge in [0.15, 0.2) is 0 Å². The van der Waals surface area contributed by atoms with E-state index >= 15 is 0 Å². The molecule has 7 nitrogen and oxygen atoms in total. The molecule has 0 aromatic heterocycles. The van der Waals surface area contributed by atoms with Crippen molar-refractivity contribution in [2.75, 3.05) is 13.1 Å². The molecule has 2 saturated heterocycles. The number of esters is 1. The van der Waals surface area contributed by atoms with Crippen molar-refractivity contribution in [1.82, 2.24) is 4.90 Å². The van der Waals surface area contributed by atoms with Gasteiger partial charge in [-0.25, -0.2) is 9.59 Å². The average Bonchev–Trinajstić information content (AvgIpc) is 2.88. The molecule has 2 aliphatic heterocycles. The zero-order valence-electron chi connectivity index (χ0n) is 19.7.